The third-order valence-electron chi connectivity index (χ3n) is 9.82. The van der Waals surface area contributed by atoms with Gasteiger partial charge in [-0.05, 0) is 88.5 Å². The van der Waals surface area contributed by atoms with Gasteiger partial charge < -0.3 is 30.3 Å². The van der Waals surface area contributed by atoms with E-state index in [2.05, 4.69) is 15.5 Å². The summed E-state index contributed by atoms with van der Waals surface area (Å²) in [5.74, 6) is -0.370. The molecule has 2 aliphatic heterocycles. The largest absolute Gasteiger partial charge is 0.481 e. The van der Waals surface area contributed by atoms with Crippen LogP contribution in [0, 0.1) is 5.92 Å². The summed E-state index contributed by atoms with van der Waals surface area (Å²) in [6, 6.07) is 15.4. The molecular formula is C38H53N3O7. The predicted molar refractivity (Wildman–Crippen MR) is 183 cm³/mol. The van der Waals surface area contributed by atoms with Gasteiger partial charge in [0.15, 0.2) is 6.29 Å². The number of aliphatic carboxylic acids is 1. The third kappa shape index (κ3) is 9.87. The number of benzene rings is 2. The zero-order valence-electron chi connectivity index (χ0n) is 28.7. The maximum atomic E-state index is 13.7. The van der Waals surface area contributed by atoms with E-state index in [4.69, 9.17) is 14.6 Å². The lowest BCUT2D eigenvalue weighted by atomic mass is 9.75. The molecule has 2 aromatic rings. The highest BCUT2D eigenvalue weighted by Crippen LogP contribution is 2.42. The molecule has 0 unspecified atom stereocenters. The Kier molecular flexibility index (Phi) is 12.3. The fourth-order valence-corrected chi connectivity index (χ4v) is 7.54. The minimum absolute atomic E-state index is 0.0340. The van der Waals surface area contributed by atoms with Crippen LogP contribution in [0.4, 0.5) is 5.69 Å². The van der Waals surface area contributed by atoms with Gasteiger partial charge in [-0.1, -0.05) is 49.2 Å². The minimum Gasteiger partial charge on any atom is -0.481 e. The first-order valence-electron chi connectivity index (χ1n) is 17.7. The number of nitrogens with one attached hydrogen (secondary N) is 2. The quantitative estimate of drug-likeness (QED) is 0.196. The van der Waals surface area contributed by atoms with Crippen LogP contribution < -0.4 is 10.6 Å². The Hall–Kier alpha value is -3.31. The van der Waals surface area contributed by atoms with E-state index in [0.717, 1.165) is 36.0 Å². The van der Waals surface area contributed by atoms with Crippen LogP contribution in [0.2, 0.25) is 0 Å². The first-order chi connectivity index (χ1) is 23.0. The Bertz CT molecular complexity index is 1390. The molecule has 5 rings (SSSR count). The number of ether oxygens (including phenoxy) is 2. The van der Waals surface area contributed by atoms with Crippen LogP contribution in [0.5, 0.6) is 0 Å². The van der Waals surface area contributed by atoms with E-state index in [9.17, 15) is 19.5 Å². The van der Waals surface area contributed by atoms with Crippen molar-refractivity contribution in [1.82, 2.24) is 10.2 Å². The maximum Gasteiger partial charge on any atom is 0.303 e. The summed E-state index contributed by atoms with van der Waals surface area (Å²) in [4.78, 5) is 39.6. The second-order valence-electron chi connectivity index (χ2n) is 14.8. The summed E-state index contributed by atoms with van der Waals surface area (Å²) in [5.41, 5.74) is 2.89. The van der Waals surface area contributed by atoms with E-state index >= 15 is 0 Å². The molecule has 10 nitrogen and oxygen atoms in total. The number of unbranched alkanes of at least 4 members (excludes halogenated alkanes) is 1. The van der Waals surface area contributed by atoms with E-state index in [1.54, 1.807) is 0 Å². The van der Waals surface area contributed by atoms with Crippen LogP contribution in [0.3, 0.4) is 0 Å². The Labute approximate surface area is 284 Å². The van der Waals surface area contributed by atoms with Crippen molar-refractivity contribution in [3.63, 3.8) is 0 Å². The highest BCUT2D eigenvalue weighted by atomic mass is 16.7. The molecule has 0 spiro atoms. The number of fused-ring (bicyclic) bond motifs is 1. The van der Waals surface area contributed by atoms with Gasteiger partial charge in [0.2, 0.25) is 11.8 Å². The summed E-state index contributed by atoms with van der Waals surface area (Å²) >= 11 is 0. The van der Waals surface area contributed by atoms with Crippen molar-refractivity contribution < 1.29 is 34.1 Å². The number of piperidine rings is 1. The molecule has 2 saturated heterocycles. The number of aliphatic hydroxyl groups is 1. The van der Waals surface area contributed by atoms with E-state index in [-0.39, 0.29) is 55.1 Å². The van der Waals surface area contributed by atoms with E-state index in [1.165, 1.54) is 19.3 Å². The Balaban J connectivity index is 1.37. The van der Waals surface area contributed by atoms with Gasteiger partial charge in [-0.15, -0.1) is 0 Å². The molecule has 2 amide bonds. The molecule has 6 atom stereocenters. The minimum atomic E-state index is -0.862. The average Bonchev–Trinajstić information content (AvgIpc) is 3.06. The van der Waals surface area contributed by atoms with Crippen molar-refractivity contribution in [1.29, 1.82) is 0 Å². The number of carbonyl (C=O) groups excluding carboxylic acids is 2. The van der Waals surface area contributed by atoms with Crippen molar-refractivity contribution in [2.45, 2.75) is 134 Å². The Morgan fingerprint density at radius 3 is 2.40 bits per heavy atom. The number of hydrogen-bond acceptors (Lipinski definition) is 7. The lowest BCUT2D eigenvalue weighted by Gasteiger charge is -2.50. The molecule has 3 aliphatic rings. The van der Waals surface area contributed by atoms with Crippen molar-refractivity contribution >= 4 is 23.5 Å². The summed E-state index contributed by atoms with van der Waals surface area (Å²) in [7, 11) is 0. The SMILES string of the molecule is CC(C)(C)NC(=O)[C@H]1CC[C@H]2CCCC[C@H]2N1C[C@@H]1C[C@H](c2ccc(CO)cc2)O[C@H](c2cccc(NC(=O)CCCCC(=O)O)c2)O1. The number of anilines is 1. The van der Waals surface area contributed by atoms with Crippen LogP contribution in [0.25, 0.3) is 0 Å². The molecule has 10 heteroatoms. The number of aliphatic hydroxyl groups excluding tert-OH is 1. The van der Waals surface area contributed by atoms with Crippen molar-refractivity contribution in [3.05, 3.63) is 65.2 Å². The van der Waals surface area contributed by atoms with Crippen molar-refractivity contribution in [3.8, 4) is 0 Å². The first-order valence-corrected chi connectivity index (χ1v) is 17.7. The molecule has 48 heavy (non-hydrogen) atoms. The summed E-state index contributed by atoms with van der Waals surface area (Å²) in [6.07, 6.45) is 7.25. The standard InChI is InChI=1S/C38H53N3O7/c1-38(2,3)40-36(46)32-20-19-26-9-4-5-12-31(26)41(32)23-30-22-33(27-17-15-25(24-42)16-18-27)48-37(47-30)28-10-8-11-29(21-28)39-34(43)13-6-7-14-35(44)45/h8,10-11,15-18,21,26,30-33,37,42H,4-7,9,12-14,19-20,22-24H2,1-3H3,(H,39,43)(H,40,46)(H,44,45)/t26-,30+,31-,32-,33-,37-/m1/s1. The molecule has 262 valence electrons. The molecule has 3 fully saturated rings. The van der Waals surface area contributed by atoms with Crippen LogP contribution in [0.1, 0.15) is 120 Å². The van der Waals surface area contributed by atoms with Gasteiger partial charge in [-0.25, -0.2) is 0 Å². The lowest BCUT2D eigenvalue weighted by Crippen LogP contribution is -2.61. The molecule has 1 saturated carbocycles. The van der Waals surface area contributed by atoms with Crippen LogP contribution in [-0.2, 0) is 30.5 Å². The highest BCUT2D eigenvalue weighted by molar-refractivity contribution is 5.90. The number of carbonyl (C=O) groups is 3. The molecular weight excluding hydrogens is 610 g/mol. The summed E-state index contributed by atoms with van der Waals surface area (Å²) in [5, 5.41) is 24.7. The number of amides is 2. The second-order valence-corrected chi connectivity index (χ2v) is 14.8. The molecule has 2 aromatic carbocycles. The van der Waals surface area contributed by atoms with Gasteiger partial charge in [0.25, 0.3) is 0 Å². The van der Waals surface area contributed by atoms with Crippen molar-refractivity contribution in [2.75, 3.05) is 11.9 Å². The summed E-state index contributed by atoms with van der Waals surface area (Å²) in [6.45, 7) is 6.65. The Morgan fingerprint density at radius 2 is 1.67 bits per heavy atom. The molecule has 2 heterocycles. The molecule has 1 aliphatic carbocycles. The molecule has 0 bridgehead atoms. The zero-order chi connectivity index (χ0) is 34.3. The summed E-state index contributed by atoms with van der Waals surface area (Å²) < 4.78 is 13.3. The van der Waals surface area contributed by atoms with Gasteiger partial charge in [0.05, 0.1) is 24.9 Å². The fourth-order valence-electron chi connectivity index (χ4n) is 7.54. The second kappa shape index (κ2) is 16.4. The number of rotatable bonds is 12. The fraction of sp³-hybridized carbons (Fsp3) is 0.605. The van der Waals surface area contributed by atoms with Gasteiger partial charge in [0, 0.05) is 48.6 Å². The lowest BCUT2D eigenvalue weighted by molar-refractivity contribution is -0.255. The zero-order valence-corrected chi connectivity index (χ0v) is 28.7. The predicted octanol–water partition coefficient (Wildman–Crippen LogP) is 6.25. The van der Waals surface area contributed by atoms with Gasteiger partial charge in [-0.2, -0.15) is 0 Å². The van der Waals surface area contributed by atoms with E-state index in [0.29, 0.717) is 43.5 Å². The first kappa shape index (κ1) is 36.0. The third-order valence-corrected chi connectivity index (χ3v) is 9.82. The van der Waals surface area contributed by atoms with Gasteiger partial charge in [-0.3, -0.25) is 19.3 Å². The van der Waals surface area contributed by atoms with E-state index < -0.39 is 12.3 Å². The Morgan fingerprint density at radius 1 is 0.917 bits per heavy atom. The average molecular weight is 664 g/mol. The number of likely N-dealkylation sites (tertiary alicyclic amines) is 1. The normalized spacial score (nSPS) is 26.3. The highest BCUT2D eigenvalue weighted by Gasteiger charge is 2.44. The number of carboxylic acids is 1. The number of nitrogens with zero attached hydrogens (tertiary/aromatic N) is 1. The van der Waals surface area contributed by atoms with E-state index in [1.807, 2.05) is 69.3 Å². The van der Waals surface area contributed by atoms with Crippen LogP contribution >= 0.6 is 0 Å². The van der Waals surface area contributed by atoms with Crippen LogP contribution in [-0.4, -0.2) is 63.2 Å². The molecule has 0 radical (unpaired) electrons. The number of carboxylic acid groups (broad SMARTS) is 1. The smallest absolute Gasteiger partial charge is 0.303 e. The maximum absolute atomic E-state index is 13.7. The van der Waals surface area contributed by atoms with Crippen LogP contribution in [0.15, 0.2) is 48.5 Å². The molecule has 0 aromatic heterocycles. The number of hydrogen-bond donors (Lipinski definition) is 4. The molecule has 4 N–H and O–H groups in total. The van der Waals surface area contributed by atoms with Gasteiger partial charge in [0.1, 0.15) is 0 Å². The van der Waals surface area contributed by atoms with Crippen molar-refractivity contribution in [2.24, 2.45) is 5.92 Å². The van der Waals surface area contributed by atoms with Gasteiger partial charge >= 0.3 is 5.97 Å². The topological polar surface area (TPSA) is 137 Å². The monoisotopic (exact) mass is 663 g/mol.